The van der Waals surface area contributed by atoms with E-state index in [1.165, 1.54) is 0 Å². The molecule has 0 aromatic carbocycles. The molecule has 1 unspecified atom stereocenters. The largest absolute Gasteiger partial charge is 0.348 e. The van der Waals surface area contributed by atoms with Gasteiger partial charge in [0.1, 0.15) is 5.54 Å². The summed E-state index contributed by atoms with van der Waals surface area (Å²) in [6, 6.07) is 2.10. The Morgan fingerprint density at radius 1 is 1.12 bits per heavy atom. The second-order valence-corrected chi connectivity index (χ2v) is 7.87. The first-order valence-corrected chi connectivity index (χ1v) is 9.77. The molecule has 2 aliphatic rings. The van der Waals surface area contributed by atoms with E-state index in [4.69, 9.17) is 0 Å². The summed E-state index contributed by atoms with van der Waals surface area (Å²) in [6.07, 6.45) is 5.58. The van der Waals surface area contributed by atoms with Crippen LogP contribution >= 0.6 is 0 Å². The van der Waals surface area contributed by atoms with E-state index in [0.717, 1.165) is 64.7 Å². The maximum atomic E-state index is 12.8. The maximum absolute atomic E-state index is 12.8. The van der Waals surface area contributed by atoms with Gasteiger partial charge in [-0.3, -0.25) is 19.4 Å². The smallest absolute Gasteiger partial charge is 0.238 e. The molecule has 0 radical (unpaired) electrons. The van der Waals surface area contributed by atoms with Crippen LogP contribution in [-0.4, -0.2) is 84.9 Å². The summed E-state index contributed by atoms with van der Waals surface area (Å²) >= 11 is 0. The molecular formula is C19H33N5O2. The minimum absolute atomic E-state index is 0.0498. The number of nitriles is 1. The van der Waals surface area contributed by atoms with Crippen LogP contribution in [-0.2, 0) is 9.59 Å². The highest BCUT2D eigenvalue weighted by atomic mass is 16.2. The quantitative estimate of drug-likeness (QED) is 0.782. The summed E-state index contributed by atoms with van der Waals surface area (Å²) < 4.78 is 0. The maximum Gasteiger partial charge on any atom is 0.238 e. The zero-order chi connectivity index (χ0) is 19.2. The van der Waals surface area contributed by atoms with Crippen molar-refractivity contribution in [3.63, 3.8) is 0 Å². The molecule has 0 spiro atoms. The molecule has 2 rings (SSSR count). The van der Waals surface area contributed by atoms with Gasteiger partial charge in [-0.2, -0.15) is 5.26 Å². The summed E-state index contributed by atoms with van der Waals surface area (Å²) in [6.45, 7) is 5.59. The van der Waals surface area contributed by atoms with Crippen molar-refractivity contribution in [1.82, 2.24) is 20.0 Å². The fraction of sp³-hybridized carbons (Fsp3) is 0.842. The van der Waals surface area contributed by atoms with E-state index in [1.54, 1.807) is 19.0 Å². The molecule has 1 heterocycles. The van der Waals surface area contributed by atoms with Crippen molar-refractivity contribution in [2.24, 2.45) is 0 Å². The van der Waals surface area contributed by atoms with Gasteiger partial charge in [0.2, 0.25) is 11.8 Å². The second kappa shape index (κ2) is 9.33. The molecule has 1 N–H and O–H groups in total. The van der Waals surface area contributed by atoms with Crippen LogP contribution in [0.15, 0.2) is 0 Å². The van der Waals surface area contributed by atoms with Gasteiger partial charge in [0.05, 0.1) is 18.7 Å². The Hall–Kier alpha value is -1.65. The topological polar surface area (TPSA) is 79.7 Å². The van der Waals surface area contributed by atoms with Gasteiger partial charge in [0, 0.05) is 33.7 Å². The number of rotatable bonds is 5. The van der Waals surface area contributed by atoms with Crippen molar-refractivity contribution in [2.75, 3.05) is 46.8 Å². The van der Waals surface area contributed by atoms with E-state index in [-0.39, 0.29) is 17.9 Å². The van der Waals surface area contributed by atoms with Gasteiger partial charge in [-0.05, 0) is 32.7 Å². The Bertz CT molecular complexity index is 537. The number of carbonyl (C=O) groups excluding carboxylic acids is 2. The molecule has 0 aromatic rings. The highest BCUT2D eigenvalue weighted by molar-refractivity contribution is 5.82. The molecule has 1 aliphatic carbocycles. The van der Waals surface area contributed by atoms with Crippen LogP contribution in [0.3, 0.4) is 0 Å². The van der Waals surface area contributed by atoms with Crippen molar-refractivity contribution >= 4 is 11.8 Å². The third-order valence-corrected chi connectivity index (χ3v) is 5.69. The molecule has 146 valence electrons. The minimum atomic E-state index is -0.681. The van der Waals surface area contributed by atoms with Crippen molar-refractivity contribution in [3.05, 3.63) is 0 Å². The van der Waals surface area contributed by atoms with Crippen LogP contribution in [0, 0.1) is 11.3 Å². The van der Waals surface area contributed by atoms with E-state index < -0.39 is 5.54 Å². The predicted octanol–water partition coefficient (Wildman–Crippen LogP) is 0.813. The highest BCUT2D eigenvalue weighted by Gasteiger charge is 2.36. The van der Waals surface area contributed by atoms with E-state index in [1.807, 2.05) is 6.92 Å². The predicted molar refractivity (Wildman–Crippen MR) is 100 cm³/mol. The van der Waals surface area contributed by atoms with Gasteiger partial charge >= 0.3 is 0 Å². The number of hydrogen-bond donors (Lipinski definition) is 1. The van der Waals surface area contributed by atoms with E-state index in [2.05, 4.69) is 21.2 Å². The summed E-state index contributed by atoms with van der Waals surface area (Å²) in [5.74, 6) is 0.0590. The minimum Gasteiger partial charge on any atom is -0.348 e. The molecular weight excluding hydrogens is 330 g/mol. The lowest BCUT2D eigenvalue weighted by Crippen LogP contribution is -2.55. The summed E-state index contributed by atoms with van der Waals surface area (Å²) in [5, 5.41) is 12.6. The summed E-state index contributed by atoms with van der Waals surface area (Å²) in [4.78, 5) is 30.6. The van der Waals surface area contributed by atoms with Gasteiger partial charge < -0.3 is 10.2 Å². The molecule has 26 heavy (non-hydrogen) atoms. The van der Waals surface area contributed by atoms with Crippen molar-refractivity contribution < 1.29 is 9.59 Å². The Balaban J connectivity index is 1.88. The molecule has 2 fully saturated rings. The fourth-order valence-electron chi connectivity index (χ4n) is 3.80. The lowest BCUT2D eigenvalue weighted by molar-refractivity contribution is -0.130. The summed E-state index contributed by atoms with van der Waals surface area (Å²) in [5.41, 5.74) is -0.681. The van der Waals surface area contributed by atoms with Gasteiger partial charge in [-0.1, -0.05) is 19.3 Å². The van der Waals surface area contributed by atoms with Crippen LogP contribution in [0.1, 0.15) is 45.4 Å². The van der Waals surface area contributed by atoms with Crippen molar-refractivity contribution in [1.29, 1.82) is 5.26 Å². The van der Waals surface area contributed by atoms with Crippen LogP contribution < -0.4 is 5.32 Å². The third-order valence-electron chi connectivity index (χ3n) is 5.69. The number of hydrogen-bond acceptors (Lipinski definition) is 5. The first-order chi connectivity index (χ1) is 12.4. The Kier molecular flexibility index (Phi) is 7.42. The van der Waals surface area contributed by atoms with Crippen molar-refractivity contribution in [3.8, 4) is 6.07 Å². The Morgan fingerprint density at radius 2 is 1.81 bits per heavy atom. The van der Waals surface area contributed by atoms with Gasteiger partial charge in [0.15, 0.2) is 0 Å². The van der Waals surface area contributed by atoms with Gasteiger partial charge in [0.25, 0.3) is 0 Å². The molecule has 1 atom stereocenters. The van der Waals surface area contributed by atoms with Crippen LogP contribution in [0.5, 0.6) is 0 Å². The highest BCUT2D eigenvalue weighted by Crippen LogP contribution is 2.27. The first kappa shape index (κ1) is 20.7. The monoisotopic (exact) mass is 363 g/mol. The average Bonchev–Trinajstić information content (AvgIpc) is 2.87. The fourth-order valence-corrected chi connectivity index (χ4v) is 3.80. The van der Waals surface area contributed by atoms with E-state index in [0.29, 0.717) is 6.54 Å². The summed E-state index contributed by atoms with van der Waals surface area (Å²) in [7, 11) is 3.55. The van der Waals surface area contributed by atoms with E-state index >= 15 is 0 Å². The third kappa shape index (κ3) is 5.42. The standard InChI is InChI=1S/C19H33N5O2/c1-16(18(26)21-19(15-20)8-5-4-6-9-19)24-11-7-10-23(12-13-24)14-17(25)22(2)3/h16H,4-14H2,1-3H3,(H,21,26). The van der Waals surface area contributed by atoms with Crippen LogP contribution in [0.25, 0.3) is 0 Å². The Morgan fingerprint density at radius 3 is 2.42 bits per heavy atom. The molecule has 7 heteroatoms. The number of likely N-dealkylation sites (N-methyl/N-ethyl adjacent to an activating group) is 1. The van der Waals surface area contributed by atoms with Crippen LogP contribution in [0.2, 0.25) is 0 Å². The average molecular weight is 364 g/mol. The molecule has 7 nitrogen and oxygen atoms in total. The zero-order valence-corrected chi connectivity index (χ0v) is 16.5. The molecule has 1 aliphatic heterocycles. The molecule has 0 aromatic heterocycles. The molecule has 0 bridgehead atoms. The molecule has 2 amide bonds. The number of nitrogens with one attached hydrogen (secondary N) is 1. The SMILES string of the molecule is CC(C(=O)NC1(C#N)CCCCC1)N1CCCN(CC(=O)N(C)C)CC1. The lowest BCUT2D eigenvalue weighted by Gasteiger charge is -2.34. The molecule has 1 saturated heterocycles. The lowest BCUT2D eigenvalue weighted by atomic mass is 9.82. The zero-order valence-electron chi connectivity index (χ0n) is 16.5. The number of amides is 2. The van der Waals surface area contributed by atoms with Gasteiger partial charge in [-0.25, -0.2) is 0 Å². The number of nitrogens with zero attached hydrogens (tertiary/aromatic N) is 4. The molecule has 1 saturated carbocycles. The normalized spacial score (nSPS) is 22.7. The van der Waals surface area contributed by atoms with Gasteiger partial charge in [-0.15, -0.1) is 0 Å². The number of carbonyl (C=O) groups is 2. The second-order valence-electron chi connectivity index (χ2n) is 7.87. The Labute approximate surface area is 157 Å². The van der Waals surface area contributed by atoms with Crippen LogP contribution in [0.4, 0.5) is 0 Å². The first-order valence-electron chi connectivity index (χ1n) is 9.77. The van der Waals surface area contributed by atoms with E-state index in [9.17, 15) is 14.9 Å². The van der Waals surface area contributed by atoms with Crippen molar-refractivity contribution in [2.45, 2.75) is 57.0 Å².